The fraction of sp³-hybridized carbons (Fsp3) is 0.833. The molecule has 1 atom stereocenters. The SMILES string of the molecule is CCCCCCCC/C=C\CCCCCCC(C(=O)O)P(=O)(O)O. The first kappa shape index (κ1) is 23.4. The second-order valence-corrected chi connectivity index (χ2v) is 8.26. The number of carboxylic acid groups (broad SMARTS) is 1. The molecule has 0 spiro atoms. The number of allylic oxidation sites excluding steroid dienone is 2. The lowest BCUT2D eigenvalue weighted by atomic mass is 10.1. The number of hydrogen-bond donors (Lipinski definition) is 3. The summed E-state index contributed by atoms with van der Waals surface area (Å²) in [5.41, 5.74) is -1.55. The number of aliphatic carboxylic acids is 1. The van der Waals surface area contributed by atoms with Crippen molar-refractivity contribution in [1.29, 1.82) is 0 Å². The molecule has 0 saturated heterocycles. The van der Waals surface area contributed by atoms with Crippen LogP contribution >= 0.6 is 7.60 Å². The molecule has 3 N–H and O–H groups in total. The van der Waals surface area contributed by atoms with Crippen LogP contribution in [0.2, 0.25) is 0 Å². The van der Waals surface area contributed by atoms with Gasteiger partial charge in [0.1, 0.15) is 0 Å². The Hall–Kier alpha value is -0.640. The van der Waals surface area contributed by atoms with Gasteiger partial charge < -0.3 is 14.9 Å². The normalized spacial score (nSPS) is 13.5. The third-order valence-corrected chi connectivity index (χ3v) is 5.47. The van der Waals surface area contributed by atoms with Crippen LogP contribution in [0.3, 0.4) is 0 Å². The van der Waals surface area contributed by atoms with Gasteiger partial charge in [-0.3, -0.25) is 9.36 Å². The van der Waals surface area contributed by atoms with E-state index in [4.69, 9.17) is 14.9 Å². The molecule has 0 bridgehead atoms. The van der Waals surface area contributed by atoms with Gasteiger partial charge in [-0.1, -0.05) is 70.4 Å². The molecule has 0 aromatic rings. The van der Waals surface area contributed by atoms with Gasteiger partial charge >= 0.3 is 13.6 Å². The Morgan fingerprint density at radius 3 is 1.79 bits per heavy atom. The highest BCUT2D eigenvalue weighted by Gasteiger charge is 2.34. The van der Waals surface area contributed by atoms with Crippen LogP contribution in [-0.4, -0.2) is 26.5 Å². The summed E-state index contributed by atoms with van der Waals surface area (Å²) in [4.78, 5) is 28.8. The van der Waals surface area contributed by atoms with Crippen LogP contribution in [-0.2, 0) is 9.36 Å². The van der Waals surface area contributed by atoms with Crippen molar-refractivity contribution in [2.75, 3.05) is 0 Å². The first-order valence-corrected chi connectivity index (χ1v) is 11.0. The van der Waals surface area contributed by atoms with Crippen LogP contribution < -0.4 is 0 Å². The molecule has 0 aliphatic rings. The number of carbonyl (C=O) groups is 1. The second-order valence-electron chi connectivity index (χ2n) is 6.46. The fourth-order valence-corrected chi connectivity index (χ4v) is 3.47. The Morgan fingerprint density at radius 2 is 1.33 bits per heavy atom. The molecule has 142 valence electrons. The molecule has 0 aromatic carbocycles. The lowest BCUT2D eigenvalue weighted by Crippen LogP contribution is -2.20. The van der Waals surface area contributed by atoms with Crippen molar-refractivity contribution in [2.24, 2.45) is 0 Å². The van der Waals surface area contributed by atoms with E-state index in [0.717, 1.165) is 32.1 Å². The van der Waals surface area contributed by atoms with E-state index >= 15 is 0 Å². The summed E-state index contributed by atoms with van der Waals surface area (Å²) in [7, 11) is -4.53. The Balaban J connectivity index is 3.49. The van der Waals surface area contributed by atoms with E-state index in [2.05, 4.69) is 19.1 Å². The minimum atomic E-state index is -4.53. The van der Waals surface area contributed by atoms with Gasteiger partial charge in [-0.2, -0.15) is 0 Å². The maximum absolute atomic E-state index is 11.0. The molecule has 0 aromatic heterocycles. The Bertz CT molecular complexity index is 389. The quantitative estimate of drug-likeness (QED) is 0.198. The highest BCUT2D eigenvalue weighted by molar-refractivity contribution is 7.53. The summed E-state index contributed by atoms with van der Waals surface area (Å²) in [6, 6.07) is 0. The summed E-state index contributed by atoms with van der Waals surface area (Å²) in [5, 5.41) is 8.81. The summed E-state index contributed by atoms with van der Waals surface area (Å²) >= 11 is 0. The molecule has 0 amide bonds. The van der Waals surface area contributed by atoms with Crippen LogP contribution in [0, 0.1) is 0 Å². The summed E-state index contributed by atoms with van der Waals surface area (Å²) < 4.78 is 11.0. The van der Waals surface area contributed by atoms with Crippen LogP contribution in [0.1, 0.15) is 90.4 Å². The van der Waals surface area contributed by atoms with E-state index in [0.29, 0.717) is 6.42 Å². The van der Waals surface area contributed by atoms with Gasteiger partial charge in [-0.05, 0) is 32.1 Å². The maximum atomic E-state index is 11.0. The zero-order valence-corrected chi connectivity index (χ0v) is 15.9. The first-order valence-electron chi connectivity index (χ1n) is 9.32. The predicted octanol–water partition coefficient (Wildman–Crippen LogP) is 5.26. The van der Waals surface area contributed by atoms with E-state index in [1.807, 2.05) is 0 Å². The van der Waals surface area contributed by atoms with Gasteiger partial charge in [-0.15, -0.1) is 0 Å². The van der Waals surface area contributed by atoms with Gasteiger partial charge in [0.05, 0.1) is 0 Å². The topological polar surface area (TPSA) is 94.8 Å². The Labute approximate surface area is 146 Å². The molecule has 24 heavy (non-hydrogen) atoms. The molecular weight excluding hydrogens is 327 g/mol. The van der Waals surface area contributed by atoms with E-state index in [-0.39, 0.29) is 6.42 Å². The zero-order chi connectivity index (χ0) is 18.3. The van der Waals surface area contributed by atoms with Crippen LogP contribution in [0.25, 0.3) is 0 Å². The molecule has 0 radical (unpaired) electrons. The van der Waals surface area contributed by atoms with Crippen molar-refractivity contribution in [2.45, 2.75) is 96.1 Å². The minimum Gasteiger partial charge on any atom is -0.481 e. The summed E-state index contributed by atoms with van der Waals surface area (Å²) in [6.07, 6.45) is 17.9. The van der Waals surface area contributed by atoms with E-state index in [1.165, 1.54) is 38.5 Å². The minimum absolute atomic E-state index is 0.0491. The van der Waals surface area contributed by atoms with Crippen molar-refractivity contribution in [3.63, 3.8) is 0 Å². The highest BCUT2D eigenvalue weighted by atomic mass is 31.2. The molecule has 0 heterocycles. The highest BCUT2D eigenvalue weighted by Crippen LogP contribution is 2.43. The number of hydrogen-bond acceptors (Lipinski definition) is 2. The van der Waals surface area contributed by atoms with Crippen LogP contribution in [0.15, 0.2) is 12.2 Å². The van der Waals surface area contributed by atoms with Gasteiger partial charge in [0.25, 0.3) is 0 Å². The van der Waals surface area contributed by atoms with Crippen molar-refractivity contribution in [3.05, 3.63) is 12.2 Å². The van der Waals surface area contributed by atoms with Crippen LogP contribution in [0.4, 0.5) is 0 Å². The number of unbranched alkanes of at least 4 members (excludes halogenated alkanes) is 10. The number of rotatable bonds is 16. The molecule has 0 aliphatic carbocycles. The Morgan fingerprint density at radius 1 is 0.875 bits per heavy atom. The lowest BCUT2D eigenvalue weighted by Gasteiger charge is -2.13. The molecule has 0 rings (SSSR count). The first-order chi connectivity index (χ1) is 11.4. The standard InChI is InChI=1S/C18H35O5P/c1-2-3-4-5-6-7-8-9-10-11-12-13-14-15-16-17(18(19)20)24(21,22)23/h9-10,17H,2-8,11-16H2,1H3,(H,19,20)(H2,21,22,23)/b10-9-. The third kappa shape index (κ3) is 13.8. The molecule has 0 aliphatic heterocycles. The Kier molecular flexibility index (Phi) is 14.3. The molecular formula is C18H35O5P. The van der Waals surface area contributed by atoms with Crippen molar-refractivity contribution in [1.82, 2.24) is 0 Å². The van der Waals surface area contributed by atoms with E-state index in [1.54, 1.807) is 0 Å². The average Bonchev–Trinajstić information content (AvgIpc) is 2.49. The molecule has 6 heteroatoms. The lowest BCUT2D eigenvalue weighted by molar-refractivity contribution is -0.137. The van der Waals surface area contributed by atoms with Crippen molar-refractivity contribution < 1.29 is 24.3 Å². The maximum Gasteiger partial charge on any atom is 0.339 e. The largest absolute Gasteiger partial charge is 0.481 e. The number of carboxylic acids is 1. The van der Waals surface area contributed by atoms with E-state index < -0.39 is 19.2 Å². The van der Waals surface area contributed by atoms with Crippen molar-refractivity contribution >= 4 is 13.6 Å². The fourth-order valence-electron chi connectivity index (χ4n) is 2.67. The zero-order valence-electron chi connectivity index (χ0n) is 15.0. The smallest absolute Gasteiger partial charge is 0.339 e. The monoisotopic (exact) mass is 362 g/mol. The van der Waals surface area contributed by atoms with Crippen molar-refractivity contribution in [3.8, 4) is 0 Å². The third-order valence-electron chi connectivity index (χ3n) is 4.18. The average molecular weight is 362 g/mol. The van der Waals surface area contributed by atoms with Gasteiger partial charge in [-0.25, -0.2) is 0 Å². The van der Waals surface area contributed by atoms with E-state index in [9.17, 15) is 9.36 Å². The van der Waals surface area contributed by atoms with Gasteiger partial charge in [0, 0.05) is 0 Å². The van der Waals surface area contributed by atoms with Crippen LogP contribution in [0.5, 0.6) is 0 Å². The summed E-state index contributed by atoms with van der Waals surface area (Å²) in [5.74, 6) is -1.40. The molecule has 0 saturated carbocycles. The van der Waals surface area contributed by atoms with Gasteiger partial charge in [0.15, 0.2) is 5.66 Å². The second kappa shape index (κ2) is 14.7. The summed E-state index contributed by atoms with van der Waals surface area (Å²) in [6.45, 7) is 2.23. The molecule has 1 unspecified atom stereocenters. The molecule has 0 fully saturated rings. The van der Waals surface area contributed by atoms with Gasteiger partial charge in [0.2, 0.25) is 0 Å². The predicted molar refractivity (Wildman–Crippen MR) is 98.3 cm³/mol. The molecule has 5 nitrogen and oxygen atoms in total.